The summed E-state index contributed by atoms with van der Waals surface area (Å²) in [5.74, 6) is -1.72. The molecule has 5 nitrogen and oxygen atoms in total. The van der Waals surface area contributed by atoms with Crippen LogP contribution < -0.4 is 0 Å². The zero-order chi connectivity index (χ0) is 15.6. The van der Waals surface area contributed by atoms with Crippen LogP contribution in [0, 0.1) is 13.8 Å². The number of carboxylic acid groups (broad SMARTS) is 1. The number of aromatic carboxylic acids is 1. The highest BCUT2D eigenvalue weighted by molar-refractivity contribution is 6.06. The van der Waals surface area contributed by atoms with Crippen molar-refractivity contribution in [3.8, 4) is 11.1 Å². The predicted molar refractivity (Wildman–Crippen MR) is 77.4 cm³/mol. The topological polar surface area (TPSA) is 76.5 Å². The lowest BCUT2D eigenvalue weighted by Gasteiger charge is -2.15. The van der Waals surface area contributed by atoms with Crippen LogP contribution in [0.3, 0.4) is 0 Å². The number of hydrogen-bond donors (Lipinski definition) is 1. The van der Waals surface area contributed by atoms with Crippen LogP contribution in [-0.4, -0.2) is 29.1 Å². The minimum atomic E-state index is -1.12. The van der Waals surface area contributed by atoms with Crippen LogP contribution in [0.4, 0.5) is 0 Å². The molecule has 1 N–H and O–H groups in total. The van der Waals surface area contributed by atoms with E-state index < -0.39 is 11.9 Å². The summed E-state index contributed by atoms with van der Waals surface area (Å²) in [5, 5.41) is 9.49. The summed E-state index contributed by atoms with van der Waals surface area (Å²) in [7, 11) is 1.26. The van der Waals surface area contributed by atoms with Crippen molar-refractivity contribution in [2.75, 3.05) is 7.11 Å². The molecule has 0 saturated carbocycles. The molecular weight excluding hydrogens is 270 g/mol. The number of carboxylic acids is 1. The summed E-state index contributed by atoms with van der Waals surface area (Å²) in [5.41, 5.74) is 2.01. The zero-order valence-corrected chi connectivity index (χ0v) is 12.0. The molecule has 0 radical (unpaired) electrons. The van der Waals surface area contributed by atoms with Crippen LogP contribution in [0.2, 0.25) is 0 Å². The molecule has 0 aliphatic rings. The van der Waals surface area contributed by atoms with Crippen molar-refractivity contribution in [3.05, 3.63) is 52.8 Å². The van der Waals surface area contributed by atoms with Gasteiger partial charge in [-0.1, -0.05) is 30.3 Å². The molecule has 0 saturated heterocycles. The fourth-order valence-corrected chi connectivity index (χ4v) is 2.36. The third-order valence-electron chi connectivity index (χ3n) is 3.22. The highest BCUT2D eigenvalue weighted by atomic mass is 16.5. The van der Waals surface area contributed by atoms with Gasteiger partial charge in [0.05, 0.1) is 29.6 Å². The van der Waals surface area contributed by atoms with Gasteiger partial charge in [-0.05, 0) is 19.4 Å². The van der Waals surface area contributed by atoms with Gasteiger partial charge in [0.25, 0.3) is 0 Å². The molecule has 0 atom stereocenters. The Kier molecular flexibility index (Phi) is 4.03. The maximum absolute atomic E-state index is 12.1. The predicted octanol–water partition coefficient (Wildman–Crippen LogP) is 2.85. The Hall–Kier alpha value is -2.69. The van der Waals surface area contributed by atoms with E-state index in [9.17, 15) is 14.7 Å². The number of methoxy groups -OCH3 is 1. The van der Waals surface area contributed by atoms with Gasteiger partial charge in [0.2, 0.25) is 0 Å². The van der Waals surface area contributed by atoms with Gasteiger partial charge in [-0.3, -0.25) is 4.98 Å². The molecule has 1 aromatic carbocycles. The lowest BCUT2D eigenvalue weighted by Crippen LogP contribution is -2.14. The first-order chi connectivity index (χ1) is 9.97. The number of carbonyl (C=O) groups is 2. The normalized spacial score (nSPS) is 10.2. The number of rotatable bonds is 3. The summed E-state index contributed by atoms with van der Waals surface area (Å²) in [4.78, 5) is 27.8. The van der Waals surface area contributed by atoms with Crippen molar-refractivity contribution in [1.29, 1.82) is 0 Å². The zero-order valence-electron chi connectivity index (χ0n) is 12.0. The van der Waals surface area contributed by atoms with Gasteiger partial charge in [-0.25, -0.2) is 9.59 Å². The standard InChI is InChI=1S/C16H15NO4/c1-9-12(15(18)19)14(11-7-5-4-6-8-11)13(10(2)17-9)16(20)21-3/h4-8H,1-3H3,(H,18,19). The summed E-state index contributed by atoms with van der Waals surface area (Å²) in [6, 6.07) is 8.91. The number of aryl methyl sites for hydroxylation is 2. The van der Waals surface area contributed by atoms with Crippen molar-refractivity contribution in [1.82, 2.24) is 4.98 Å². The van der Waals surface area contributed by atoms with Crippen LogP contribution in [-0.2, 0) is 4.74 Å². The van der Waals surface area contributed by atoms with Crippen LogP contribution >= 0.6 is 0 Å². The van der Waals surface area contributed by atoms with Gasteiger partial charge in [-0.15, -0.1) is 0 Å². The molecule has 0 fully saturated rings. The molecule has 5 heteroatoms. The molecule has 1 heterocycles. The molecule has 0 bridgehead atoms. The fourth-order valence-electron chi connectivity index (χ4n) is 2.36. The van der Waals surface area contributed by atoms with E-state index in [0.717, 1.165) is 0 Å². The van der Waals surface area contributed by atoms with E-state index in [-0.39, 0.29) is 11.1 Å². The first kappa shape index (κ1) is 14.7. The monoisotopic (exact) mass is 285 g/mol. The number of hydrogen-bond acceptors (Lipinski definition) is 4. The largest absolute Gasteiger partial charge is 0.478 e. The molecule has 2 rings (SSSR count). The Bertz CT molecular complexity index is 708. The highest BCUT2D eigenvalue weighted by Gasteiger charge is 2.26. The molecule has 21 heavy (non-hydrogen) atoms. The van der Waals surface area contributed by atoms with E-state index in [2.05, 4.69) is 4.98 Å². The number of carbonyl (C=O) groups excluding carboxylic acids is 1. The first-order valence-corrected chi connectivity index (χ1v) is 6.35. The van der Waals surface area contributed by atoms with Gasteiger partial charge >= 0.3 is 11.9 Å². The number of benzene rings is 1. The van der Waals surface area contributed by atoms with Gasteiger partial charge in [-0.2, -0.15) is 0 Å². The summed E-state index contributed by atoms with van der Waals surface area (Å²) >= 11 is 0. The second kappa shape index (κ2) is 5.75. The Labute approximate surface area is 122 Å². The Morgan fingerprint density at radius 2 is 1.62 bits per heavy atom. The van der Waals surface area contributed by atoms with Crippen LogP contribution in [0.25, 0.3) is 11.1 Å². The summed E-state index contributed by atoms with van der Waals surface area (Å²) in [6.07, 6.45) is 0. The van der Waals surface area contributed by atoms with Gasteiger partial charge in [0.15, 0.2) is 0 Å². The maximum atomic E-state index is 12.1. The van der Waals surface area contributed by atoms with Crippen molar-refractivity contribution < 1.29 is 19.4 Å². The molecule has 0 aliphatic carbocycles. The number of esters is 1. The molecule has 2 aromatic rings. The SMILES string of the molecule is COC(=O)c1c(C)nc(C)c(C(=O)O)c1-c1ccccc1. The third kappa shape index (κ3) is 2.63. The quantitative estimate of drug-likeness (QED) is 0.877. The molecule has 1 aromatic heterocycles. The van der Waals surface area contributed by atoms with Crippen molar-refractivity contribution >= 4 is 11.9 Å². The van der Waals surface area contributed by atoms with E-state index >= 15 is 0 Å². The molecular formula is C16H15NO4. The molecule has 0 unspecified atom stereocenters. The maximum Gasteiger partial charge on any atom is 0.340 e. The molecule has 0 amide bonds. The number of nitrogens with zero attached hydrogens (tertiary/aromatic N) is 1. The van der Waals surface area contributed by atoms with Crippen molar-refractivity contribution in [3.63, 3.8) is 0 Å². The van der Waals surface area contributed by atoms with E-state index in [4.69, 9.17) is 4.74 Å². The van der Waals surface area contributed by atoms with Gasteiger partial charge in [0.1, 0.15) is 0 Å². The molecule has 0 aliphatic heterocycles. The average Bonchev–Trinajstić information content (AvgIpc) is 2.46. The van der Waals surface area contributed by atoms with Gasteiger partial charge < -0.3 is 9.84 Å². The summed E-state index contributed by atoms with van der Waals surface area (Å²) in [6.45, 7) is 3.28. The van der Waals surface area contributed by atoms with Crippen molar-refractivity contribution in [2.24, 2.45) is 0 Å². The second-order valence-electron chi connectivity index (χ2n) is 4.57. The lowest BCUT2D eigenvalue weighted by atomic mass is 9.92. The highest BCUT2D eigenvalue weighted by Crippen LogP contribution is 2.31. The minimum Gasteiger partial charge on any atom is -0.478 e. The van der Waals surface area contributed by atoms with E-state index in [1.807, 2.05) is 6.07 Å². The summed E-state index contributed by atoms with van der Waals surface area (Å²) < 4.78 is 4.78. The Balaban J connectivity index is 2.92. The Morgan fingerprint density at radius 3 is 2.14 bits per heavy atom. The number of pyridine rings is 1. The van der Waals surface area contributed by atoms with Crippen LogP contribution in [0.1, 0.15) is 32.1 Å². The average molecular weight is 285 g/mol. The second-order valence-corrected chi connectivity index (χ2v) is 4.57. The van der Waals surface area contributed by atoms with Crippen molar-refractivity contribution in [2.45, 2.75) is 13.8 Å². The number of aromatic nitrogens is 1. The van der Waals surface area contributed by atoms with E-state index in [1.165, 1.54) is 7.11 Å². The molecule has 108 valence electrons. The minimum absolute atomic E-state index is 0.0206. The Morgan fingerprint density at radius 1 is 1.05 bits per heavy atom. The fraction of sp³-hybridized carbons (Fsp3) is 0.188. The third-order valence-corrected chi connectivity index (χ3v) is 3.22. The number of ether oxygens (including phenoxy) is 1. The van der Waals surface area contributed by atoms with E-state index in [0.29, 0.717) is 22.5 Å². The smallest absolute Gasteiger partial charge is 0.340 e. The van der Waals surface area contributed by atoms with E-state index in [1.54, 1.807) is 38.1 Å². The first-order valence-electron chi connectivity index (χ1n) is 6.35. The lowest BCUT2D eigenvalue weighted by molar-refractivity contribution is 0.0600. The van der Waals surface area contributed by atoms with Crippen LogP contribution in [0.5, 0.6) is 0 Å². The van der Waals surface area contributed by atoms with Gasteiger partial charge in [0, 0.05) is 5.56 Å². The van der Waals surface area contributed by atoms with Crippen LogP contribution in [0.15, 0.2) is 30.3 Å². The molecule has 0 spiro atoms.